The summed E-state index contributed by atoms with van der Waals surface area (Å²) in [5, 5.41) is 3.13. The van der Waals surface area contributed by atoms with Gasteiger partial charge in [0, 0.05) is 17.8 Å². The lowest BCUT2D eigenvalue weighted by atomic mass is 9.82. The van der Waals surface area contributed by atoms with Crippen molar-refractivity contribution in [2.75, 3.05) is 12.4 Å². The number of nitrogens with one attached hydrogen (secondary N) is 1. The number of alkyl halides is 1. The fourth-order valence-electron chi connectivity index (χ4n) is 2.96. The smallest absolute Gasteiger partial charge is 0.230 e. The minimum Gasteiger partial charge on any atom is -0.355 e. The highest BCUT2D eigenvalue weighted by Crippen LogP contribution is 2.38. The van der Waals surface area contributed by atoms with Gasteiger partial charge >= 0.3 is 0 Å². The molecule has 3 heteroatoms. The number of carbonyl (C=O) groups excluding carboxylic acids is 1. The minimum atomic E-state index is -0.507. The van der Waals surface area contributed by atoms with Crippen LogP contribution in [0.5, 0.6) is 0 Å². The molecule has 20 heavy (non-hydrogen) atoms. The van der Waals surface area contributed by atoms with E-state index in [1.54, 1.807) is 0 Å². The molecule has 1 fully saturated rings. The number of benzene rings is 1. The first-order valence-electron chi connectivity index (χ1n) is 7.40. The molecule has 110 valence electrons. The molecule has 0 aromatic heterocycles. The van der Waals surface area contributed by atoms with Gasteiger partial charge in [-0.3, -0.25) is 4.79 Å². The zero-order valence-corrected chi connectivity index (χ0v) is 13.2. The van der Waals surface area contributed by atoms with Crippen molar-refractivity contribution in [1.29, 1.82) is 0 Å². The van der Waals surface area contributed by atoms with Gasteiger partial charge in [0.25, 0.3) is 0 Å². The summed E-state index contributed by atoms with van der Waals surface area (Å²) in [4.78, 5) is 12.5. The van der Waals surface area contributed by atoms with Crippen molar-refractivity contribution in [2.45, 2.75) is 44.9 Å². The standard InChI is InChI=1S/C17H24ClNO/c1-16(2,14-8-4-3-5-9-14)15(20)19-13-17(12-18)10-6-7-11-17/h3-5,8-9H,6-7,10-13H2,1-2H3,(H,19,20). The van der Waals surface area contributed by atoms with Crippen LogP contribution in [0.2, 0.25) is 0 Å². The van der Waals surface area contributed by atoms with Crippen LogP contribution in [0.3, 0.4) is 0 Å². The number of hydrogen-bond acceptors (Lipinski definition) is 1. The summed E-state index contributed by atoms with van der Waals surface area (Å²) in [5.74, 6) is 0.721. The van der Waals surface area contributed by atoms with Crippen LogP contribution in [0, 0.1) is 5.41 Å². The molecule has 0 atom stereocenters. The van der Waals surface area contributed by atoms with E-state index >= 15 is 0 Å². The molecular weight excluding hydrogens is 270 g/mol. The lowest BCUT2D eigenvalue weighted by molar-refractivity contribution is -0.126. The summed E-state index contributed by atoms with van der Waals surface area (Å²) in [6, 6.07) is 9.93. The molecule has 1 amide bonds. The van der Waals surface area contributed by atoms with Gasteiger partial charge < -0.3 is 5.32 Å². The minimum absolute atomic E-state index is 0.0834. The average Bonchev–Trinajstić information content (AvgIpc) is 2.95. The molecule has 0 spiro atoms. The average molecular weight is 294 g/mol. The van der Waals surface area contributed by atoms with E-state index in [0.29, 0.717) is 12.4 Å². The van der Waals surface area contributed by atoms with Crippen LogP contribution in [-0.2, 0) is 10.2 Å². The fourth-order valence-corrected chi connectivity index (χ4v) is 3.32. The Morgan fingerprint density at radius 2 is 1.85 bits per heavy atom. The van der Waals surface area contributed by atoms with E-state index in [4.69, 9.17) is 11.6 Å². The molecule has 0 bridgehead atoms. The van der Waals surface area contributed by atoms with Crippen LogP contribution in [0.25, 0.3) is 0 Å². The van der Waals surface area contributed by atoms with Crippen LogP contribution in [-0.4, -0.2) is 18.3 Å². The summed E-state index contributed by atoms with van der Waals surface area (Å²) in [5.41, 5.74) is 0.654. The Morgan fingerprint density at radius 1 is 1.25 bits per heavy atom. The summed E-state index contributed by atoms with van der Waals surface area (Å²) in [7, 11) is 0. The summed E-state index contributed by atoms with van der Waals surface area (Å²) in [6.07, 6.45) is 4.71. The maximum absolute atomic E-state index is 12.5. The lowest BCUT2D eigenvalue weighted by Gasteiger charge is -2.30. The normalized spacial score (nSPS) is 17.9. The molecule has 0 aliphatic heterocycles. The van der Waals surface area contributed by atoms with Gasteiger partial charge in [0.05, 0.1) is 5.41 Å². The highest BCUT2D eigenvalue weighted by molar-refractivity contribution is 6.18. The zero-order chi connectivity index (χ0) is 14.6. The number of rotatable bonds is 5. The Labute approximate surface area is 126 Å². The van der Waals surface area contributed by atoms with Gasteiger partial charge in [-0.25, -0.2) is 0 Å². The highest BCUT2D eigenvalue weighted by atomic mass is 35.5. The van der Waals surface area contributed by atoms with E-state index in [1.807, 2.05) is 44.2 Å². The fraction of sp³-hybridized carbons (Fsp3) is 0.588. The predicted molar refractivity (Wildman–Crippen MR) is 84.1 cm³/mol. The topological polar surface area (TPSA) is 29.1 Å². The van der Waals surface area contributed by atoms with Crippen molar-refractivity contribution in [3.8, 4) is 0 Å². The zero-order valence-electron chi connectivity index (χ0n) is 12.4. The van der Waals surface area contributed by atoms with Crippen molar-refractivity contribution >= 4 is 17.5 Å². The molecule has 2 rings (SSSR count). The van der Waals surface area contributed by atoms with E-state index in [0.717, 1.165) is 18.4 Å². The van der Waals surface area contributed by atoms with E-state index < -0.39 is 5.41 Å². The van der Waals surface area contributed by atoms with Gasteiger partial charge in [0.15, 0.2) is 0 Å². The Morgan fingerprint density at radius 3 is 2.40 bits per heavy atom. The first kappa shape index (κ1) is 15.4. The number of amides is 1. The van der Waals surface area contributed by atoms with Crippen LogP contribution in [0.4, 0.5) is 0 Å². The Balaban J connectivity index is 2.01. The second-order valence-electron chi connectivity index (χ2n) is 6.51. The van der Waals surface area contributed by atoms with Crippen molar-refractivity contribution < 1.29 is 4.79 Å². The van der Waals surface area contributed by atoms with E-state index in [1.165, 1.54) is 12.8 Å². The van der Waals surface area contributed by atoms with Gasteiger partial charge in [-0.15, -0.1) is 11.6 Å². The third kappa shape index (κ3) is 3.17. The molecule has 1 saturated carbocycles. The molecular formula is C17H24ClNO. The van der Waals surface area contributed by atoms with Crippen LogP contribution < -0.4 is 5.32 Å². The van der Waals surface area contributed by atoms with Crippen LogP contribution in [0.1, 0.15) is 45.1 Å². The highest BCUT2D eigenvalue weighted by Gasteiger charge is 2.36. The van der Waals surface area contributed by atoms with Crippen molar-refractivity contribution in [1.82, 2.24) is 5.32 Å². The predicted octanol–water partition coefficient (Wildman–Crippen LogP) is 3.88. The SMILES string of the molecule is CC(C)(C(=O)NCC1(CCl)CCCC1)c1ccccc1. The molecule has 0 unspecified atom stereocenters. The monoisotopic (exact) mass is 293 g/mol. The molecule has 0 saturated heterocycles. The molecule has 1 aliphatic carbocycles. The van der Waals surface area contributed by atoms with E-state index in [-0.39, 0.29) is 11.3 Å². The second-order valence-corrected chi connectivity index (χ2v) is 6.78. The molecule has 1 aromatic rings. The van der Waals surface area contributed by atoms with Gasteiger partial charge in [-0.2, -0.15) is 0 Å². The van der Waals surface area contributed by atoms with Crippen molar-refractivity contribution in [2.24, 2.45) is 5.41 Å². The van der Waals surface area contributed by atoms with Gasteiger partial charge in [-0.1, -0.05) is 43.2 Å². The molecule has 1 aliphatic rings. The maximum Gasteiger partial charge on any atom is 0.230 e. The quantitative estimate of drug-likeness (QED) is 0.820. The van der Waals surface area contributed by atoms with Crippen LogP contribution in [0.15, 0.2) is 30.3 Å². The van der Waals surface area contributed by atoms with Crippen molar-refractivity contribution in [3.05, 3.63) is 35.9 Å². The summed E-state index contributed by atoms with van der Waals surface area (Å²) in [6.45, 7) is 4.64. The summed E-state index contributed by atoms with van der Waals surface area (Å²) < 4.78 is 0. The molecule has 2 nitrogen and oxygen atoms in total. The molecule has 0 heterocycles. The third-order valence-corrected chi connectivity index (χ3v) is 5.20. The summed E-state index contributed by atoms with van der Waals surface area (Å²) >= 11 is 6.13. The largest absolute Gasteiger partial charge is 0.355 e. The number of carbonyl (C=O) groups is 1. The lowest BCUT2D eigenvalue weighted by Crippen LogP contribution is -2.45. The first-order chi connectivity index (χ1) is 9.50. The molecule has 0 radical (unpaired) electrons. The maximum atomic E-state index is 12.5. The molecule has 1 aromatic carbocycles. The van der Waals surface area contributed by atoms with Gasteiger partial charge in [-0.05, 0) is 32.3 Å². The number of halogens is 1. The van der Waals surface area contributed by atoms with Gasteiger partial charge in [0.1, 0.15) is 0 Å². The first-order valence-corrected chi connectivity index (χ1v) is 7.93. The number of hydrogen-bond donors (Lipinski definition) is 1. The van der Waals surface area contributed by atoms with Gasteiger partial charge in [0.2, 0.25) is 5.91 Å². The Kier molecular flexibility index (Phi) is 4.74. The molecule has 1 N–H and O–H groups in total. The second kappa shape index (κ2) is 6.17. The van der Waals surface area contributed by atoms with Crippen LogP contribution >= 0.6 is 11.6 Å². The Bertz CT molecular complexity index is 449. The van der Waals surface area contributed by atoms with Crippen molar-refractivity contribution in [3.63, 3.8) is 0 Å². The third-order valence-electron chi connectivity index (χ3n) is 4.63. The Hall–Kier alpha value is -1.02. The van der Waals surface area contributed by atoms with E-state index in [2.05, 4.69) is 5.32 Å². The van der Waals surface area contributed by atoms with E-state index in [9.17, 15) is 4.79 Å².